The fourth-order valence-corrected chi connectivity index (χ4v) is 3.05. The van der Waals surface area contributed by atoms with Gasteiger partial charge in [0.2, 0.25) is 0 Å². The SMILES string of the molecule is CN(Cc1ccc(Br)o1)C(=O)Nc1nc2ccccc2s1. The molecule has 0 saturated carbocycles. The molecule has 2 aromatic heterocycles. The predicted molar refractivity (Wildman–Crippen MR) is 86.5 cm³/mol. The van der Waals surface area contributed by atoms with E-state index in [1.807, 2.05) is 30.3 Å². The Hall–Kier alpha value is -1.86. The molecule has 3 rings (SSSR count). The van der Waals surface area contributed by atoms with Crippen molar-refractivity contribution in [2.45, 2.75) is 6.54 Å². The molecular formula is C14H12BrN3O2S. The number of nitrogens with zero attached hydrogens (tertiary/aromatic N) is 2. The number of carbonyl (C=O) groups is 1. The van der Waals surface area contributed by atoms with Crippen molar-refractivity contribution in [2.75, 3.05) is 12.4 Å². The summed E-state index contributed by atoms with van der Waals surface area (Å²) in [7, 11) is 1.71. The molecule has 0 aliphatic rings. The maximum Gasteiger partial charge on any atom is 0.323 e. The number of hydrogen-bond acceptors (Lipinski definition) is 4. The van der Waals surface area contributed by atoms with E-state index in [1.54, 1.807) is 13.1 Å². The van der Waals surface area contributed by atoms with Crippen LogP contribution >= 0.6 is 27.3 Å². The van der Waals surface area contributed by atoms with Gasteiger partial charge in [0.05, 0.1) is 16.8 Å². The van der Waals surface area contributed by atoms with Gasteiger partial charge in [0.25, 0.3) is 0 Å². The van der Waals surface area contributed by atoms with E-state index in [0.717, 1.165) is 10.2 Å². The molecule has 7 heteroatoms. The largest absolute Gasteiger partial charge is 0.452 e. The van der Waals surface area contributed by atoms with Crippen molar-refractivity contribution in [3.05, 3.63) is 46.8 Å². The summed E-state index contributed by atoms with van der Waals surface area (Å²) < 4.78 is 7.08. The van der Waals surface area contributed by atoms with Crippen LogP contribution in [0.2, 0.25) is 0 Å². The Kier molecular flexibility index (Phi) is 3.94. The van der Waals surface area contributed by atoms with Crippen LogP contribution in [0.25, 0.3) is 10.2 Å². The van der Waals surface area contributed by atoms with E-state index in [0.29, 0.717) is 22.1 Å². The molecule has 108 valence electrons. The summed E-state index contributed by atoms with van der Waals surface area (Å²) >= 11 is 4.69. The first-order chi connectivity index (χ1) is 10.1. The van der Waals surface area contributed by atoms with Crippen molar-refractivity contribution in [2.24, 2.45) is 0 Å². The van der Waals surface area contributed by atoms with E-state index < -0.39 is 0 Å². The van der Waals surface area contributed by atoms with Crippen LogP contribution in [0.5, 0.6) is 0 Å². The number of halogens is 1. The van der Waals surface area contributed by atoms with Gasteiger partial charge in [-0.3, -0.25) is 5.32 Å². The maximum atomic E-state index is 12.1. The van der Waals surface area contributed by atoms with Crippen molar-refractivity contribution in [3.8, 4) is 0 Å². The first kappa shape index (κ1) is 14.1. The van der Waals surface area contributed by atoms with E-state index in [-0.39, 0.29) is 6.03 Å². The standard InChI is InChI=1S/C14H12BrN3O2S/c1-18(8-9-6-7-12(15)20-9)14(19)17-13-16-10-4-2-3-5-11(10)21-13/h2-7H,8H2,1H3,(H,16,17,19). The van der Waals surface area contributed by atoms with Gasteiger partial charge in [0.1, 0.15) is 5.76 Å². The fourth-order valence-electron chi connectivity index (χ4n) is 1.85. The van der Waals surface area contributed by atoms with Crippen LogP contribution < -0.4 is 5.32 Å². The van der Waals surface area contributed by atoms with Crippen molar-refractivity contribution in [1.82, 2.24) is 9.88 Å². The molecule has 0 aliphatic carbocycles. The lowest BCUT2D eigenvalue weighted by Crippen LogP contribution is -2.30. The summed E-state index contributed by atoms with van der Waals surface area (Å²) in [5.74, 6) is 0.712. The highest BCUT2D eigenvalue weighted by Gasteiger charge is 2.13. The fraction of sp³-hybridized carbons (Fsp3) is 0.143. The number of amides is 2. The zero-order chi connectivity index (χ0) is 14.8. The van der Waals surface area contributed by atoms with Gasteiger partial charge in [-0.1, -0.05) is 23.5 Å². The molecule has 0 radical (unpaired) electrons. The molecule has 0 saturated heterocycles. The van der Waals surface area contributed by atoms with Crippen LogP contribution in [0.3, 0.4) is 0 Å². The average Bonchev–Trinajstić information content (AvgIpc) is 3.04. The van der Waals surface area contributed by atoms with Crippen LogP contribution in [0.1, 0.15) is 5.76 Å². The Balaban J connectivity index is 1.67. The topological polar surface area (TPSA) is 58.4 Å². The molecular weight excluding hydrogens is 354 g/mol. The highest BCUT2D eigenvalue weighted by molar-refractivity contribution is 9.10. The molecule has 2 heterocycles. The maximum absolute atomic E-state index is 12.1. The summed E-state index contributed by atoms with van der Waals surface area (Å²) in [6.45, 7) is 0.391. The Bertz CT molecular complexity index is 750. The molecule has 3 aromatic rings. The van der Waals surface area contributed by atoms with Crippen molar-refractivity contribution < 1.29 is 9.21 Å². The minimum Gasteiger partial charge on any atom is -0.452 e. The molecule has 1 N–H and O–H groups in total. The Morgan fingerprint density at radius 3 is 2.90 bits per heavy atom. The van der Waals surface area contributed by atoms with Crippen LogP contribution in [-0.2, 0) is 6.54 Å². The molecule has 21 heavy (non-hydrogen) atoms. The summed E-state index contributed by atoms with van der Waals surface area (Å²) in [4.78, 5) is 18.0. The third kappa shape index (κ3) is 3.25. The summed E-state index contributed by atoms with van der Waals surface area (Å²) in [5, 5.41) is 3.39. The summed E-state index contributed by atoms with van der Waals surface area (Å²) in [5.41, 5.74) is 0.885. The highest BCUT2D eigenvalue weighted by atomic mass is 79.9. The summed E-state index contributed by atoms with van der Waals surface area (Å²) in [6, 6.07) is 11.2. The lowest BCUT2D eigenvalue weighted by molar-refractivity contribution is 0.216. The number of furan rings is 1. The van der Waals surface area contributed by atoms with E-state index in [2.05, 4.69) is 26.2 Å². The minimum absolute atomic E-state index is 0.221. The van der Waals surface area contributed by atoms with Gasteiger partial charge < -0.3 is 9.32 Å². The molecule has 0 fully saturated rings. The molecule has 2 amide bonds. The average molecular weight is 366 g/mol. The second-order valence-corrected chi connectivity index (χ2v) is 6.29. The normalized spacial score (nSPS) is 10.8. The summed E-state index contributed by atoms with van der Waals surface area (Å²) in [6.07, 6.45) is 0. The molecule has 1 aromatic carbocycles. The molecule has 0 bridgehead atoms. The van der Waals surface area contributed by atoms with Crippen molar-refractivity contribution >= 4 is 48.6 Å². The Labute approximate surface area is 133 Å². The molecule has 0 aliphatic heterocycles. The quantitative estimate of drug-likeness (QED) is 0.751. The Morgan fingerprint density at radius 1 is 1.38 bits per heavy atom. The minimum atomic E-state index is -0.221. The highest BCUT2D eigenvalue weighted by Crippen LogP contribution is 2.25. The monoisotopic (exact) mass is 365 g/mol. The Morgan fingerprint density at radius 2 is 2.19 bits per heavy atom. The number of benzene rings is 1. The number of thiazole rings is 1. The number of carbonyl (C=O) groups excluding carboxylic acids is 1. The molecule has 0 unspecified atom stereocenters. The number of nitrogens with one attached hydrogen (secondary N) is 1. The zero-order valence-electron chi connectivity index (χ0n) is 11.2. The van der Waals surface area contributed by atoms with E-state index >= 15 is 0 Å². The first-order valence-corrected chi connectivity index (χ1v) is 7.84. The van der Waals surface area contributed by atoms with E-state index in [4.69, 9.17) is 4.42 Å². The second-order valence-electron chi connectivity index (χ2n) is 4.48. The van der Waals surface area contributed by atoms with Gasteiger partial charge in [0.15, 0.2) is 9.80 Å². The molecule has 0 spiro atoms. The van der Waals surface area contributed by atoms with Crippen LogP contribution in [0.4, 0.5) is 9.93 Å². The van der Waals surface area contributed by atoms with Crippen LogP contribution in [-0.4, -0.2) is 23.0 Å². The lowest BCUT2D eigenvalue weighted by Gasteiger charge is -2.15. The van der Waals surface area contributed by atoms with Crippen LogP contribution in [0, 0.1) is 0 Å². The van der Waals surface area contributed by atoms with Crippen LogP contribution in [0.15, 0.2) is 45.5 Å². The number of urea groups is 1. The van der Waals surface area contributed by atoms with Gasteiger partial charge in [-0.2, -0.15) is 0 Å². The number of aromatic nitrogens is 1. The number of hydrogen-bond donors (Lipinski definition) is 1. The lowest BCUT2D eigenvalue weighted by atomic mass is 10.3. The zero-order valence-corrected chi connectivity index (χ0v) is 13.6. The second kappa shape index (κ2) is 5.87. The van der Waals surface area contributed by atoms with Gasteiger partial charge in [-0.05, 0) is 40.2 Å². The van der Waals surface area contributed by atoms with Gasteiger partial charge in [-0.15, -0.1) is 0 Å². The third-order valence-electron chi connectivity index (χ3n) is 2.88. The number of fused-ring (bicyclic) bond motifs is 1. The smallest absolute Gasteiger partial charge is 0.323 e. The van der Waals surface area contributed by atoms with Crippen molar-refractivity contribution in [3.63, 3.8) is 0 Å². The molecule has 0 atom stereocenters. The number of rotatable bonds is 3. The van der Waals surface area contributed by atoms with Gasteiger partial charge in [0, 0.05) is 7.05 Å². The van der Waals surface area contributed by atoms with E-state index in [1.165, 1.54) is 16.2 Å². The van der Waals surface area contributed by atoms with Crippen molar-refractivity contribution in [1.29, 1.82) is 0 Å². The van der Waals surface area contributed by atoms with Gasteiger partial charge >= 0.3 is 6.03 Å². The number of para-hydroxylation sites is 1. The molecule has 5 nitrogen and oxygen atoms in total. The van der Waals surface area contributed by atoms with E-state index in [9.17, 15) is 4.79 Å². The predicted octanol–water partition coefficient (Wildman–Crippen LogP) is 4.32. The first-order valence-electron chi connectivity index (χ1n) is 6.24. The van der Waals surface area contributed by atoms with Gasteiger partial charge in [-0.25, -0.2) is 9.78 Å². The number of anilines is 1. The third-order valence-corrected chi connectivity index (χ3v) is 4.25.